The fourth-order valence-electron chi connectivity index (χ4n) is 2.47. The molecular formula is C18H30OSi. The average Bonchev–Trinajstić information content (AvgIpc) is 2.43. The molecule has 0 aromatic heterocycles. The molecule has 20 heavy (non-hydrogen) atoms. The molecule has 0 saturated carbocycles. The molecule has 1 N–H and O–H groups in total. The summed E-state index contributed by atoms with van der Waals surface area (Å²) in [5, 5.41) is 12.9. The number of rotatable bonds is 7. The van der Waals surface area contributed by atoms with E-state index in [1.165, 1.54) is 24.4 Å². The van der Waals surface area contributed by atoms with Crippen LogP contribution in [0.15, 0.2) is 41.6 Å². The molecule has 0 aliphatic heterocycles. The molecule has 0 bridgehead atoms. The Labute approximate surface area is 125 Å². The van der Waals surface area contributed by atoms with Gasteiger partial charge in [0.1, 0.15) is 8.07 Å². The van der Waals surface area contributed by atoms with E-state index in [4.69, 9.17) is 0 Å². The SMILES string of the molecule is CCCC/C(=C\[C@H](C)[C@H](C)O)[Si](C)(C)c1ccccc1. The van der Waals surface area contributed by atoms with E-state index in [1.54, 1.807) is 5.20 Å². The molecule has 2 heteroatoms. The van der Waals surface area contributed by atoms with Gasteiger partial charge in [-0.15, -0.1) is 0 Å². The lowest BCUT2D eigenvalue weighted by molar-refractivity contribution is 0.157. The van der Waals surface area contributed by atoms with Crippen molar-refractivity contribution >= 4 is 13.3 Å². The van der Waals surface area contributed by atoms with Crippen LogP contribution in [0.2, 0.25) is 13.1 Å². The zero-order valence-corrected chi connectivity index (χ0v) is 14.7. The summed E-state index contributed by atoms with van der Waals surface area (Å²) < 4.78 is 0. The first-order valence-electron chi connectivity index (χ1n) is 7.84. The first-order chi connectivity index (χ1) is 9.39. The second-order valence-corrected chi connectivity index (χ2v) is 10.9. The summed E-state index contributed by atoms with van der Waals surface area (Å²) in [6.07, 6.45) is 5.70. The Kier molecular flexibility index (Phi) is 6.70. The maximum atomic E-state index is 9.80. The van der Waals surface area contributed by atoms with E-state index in [-0.39, 0.29) is 12.0 Å². The summed E-state index contributed by atoms with van der Waals surface area (Å²) in [5.41, 5.74) is 0. The van der Waals surface area contributed by atoms with Gasteiger partial charge in [0.15, 0.2) is 0 Å². The van der Waals surface area contributed by atoms with Gasteiger partial charge in [-0.3, -0.25) is 0 Å². The smallest absolute Gasteiger partial charge is 0.107 e. The molecule has 0 unspecified atom stereocenters. The summed E-state index contributed by atoms with van der Waals surface area (Å²) in [7, 11) is -1.60. The minimum Gasteiger partial charge on any atom is -0.393 e. The Morgan fingerprint density at radius 1 is 1.20 bits per heavy atom. The average molecular weight is 291 g/mol. The van der Waals surface area contributed by atoms with Crippen LogP contribution in [0.5, 0.6) is 0 Å². The van der Waals surface area contributed by atoms with Gasteiger partial charge in [0.05, 0.1) is 6.10 Å². The first kappa shape index (κ1) is 17.2. The van der Waals surface area contributed by atoms with Gasteiger partial charge in [0.2, 0.25) is 0 Å². The van der Waals surface area contributed by atoms with Crippen molar-refractivity contribution in [1.29, 1.82) is 0 Å². The van der Waals surface area contributed by atoms with Crippen molar-refractivity contribution in [2.45, 2.75) is 59.2 Å². The first-order valence-corrected chi connectivity index (χ1v) is 10.8. The van der Waals surface area contributed by atoms with Gasteiger partial charge in [0.25, 0.3) is 0 Å². The van der Waals surface area contributed by atoms with Crippen LogP contribution in [0.3, 0.4) is 0 Å². The quantitative estimate of drug-likeness (QED) is 0.743. The Bertz CT molecular complexity index is 420. The van der Waals surface area contributed by atoms with Crippen LogP contribution >= 0.6 is 0 Å². The highest BCUT2D eigenvalue weighted by Crippen LogP contribution is 2.23. The number of benzene rings is 1. The molecule has 0 radical (unpaired) electrons. The second kappa shape index (κ2) is 7.80. The van der Waals surface area contributed by atoms with Crippen molar-refractivity contribution in [2.75, 3.05) is 0 Å². The Morgan fingerprint density at radius 2 is 1.80 bits per heavy atom. The van der Waals surface area contributed by atoms with Gasteiger partial charge in [-0.1, -0.05) is 86.6 Å². The zero-order chi connectivity index (χ0) is 15.2. The predicted molar refractivity (Wildman–Crippen MR) is 92.0 cm³/mol. The topological polar surface area (TPSA) is 20.2 Å². The minimum absolute atomic E-state index is 0.234. The van der Waals surface area contributed by atoms with Crippen molar-refractivity contribution in [3.05, 3.63) is 41.6 Å². The van der Waals surface area contributed by atoms with E-state index in [9.17, 15) is 5.11 Å². The fraction of sp³-hybridized carbons (Fsp3) is 0.556. The number of allylic oxidation sites excluding steroid dienone is 1. The normalized spacial score (nSPS) is 16.0. The molecule has 1 aromatic carbocycles. The molecule has 0 aliphatic rings. The van der Waals surface area contributed by atoms with E-state index in [2.05, 4.69) is 63.3 Å². The van der Waals surface area contributed by atoms with Crippen LogP contribution in [-0.2, 0) is 0 Å². The summed E-state index contributed by atoms with van der Waals surface area (Å²) >= 11 is 0. The van der Waals surface area contributed by atoms with Crippen LogP contribution < -0.4 is 5.19 Å². The maximum absolute atomic E-state index is 9.80. The molecule has 0 heterocycles. The highest BCUT2D eigenvalue weighted by atomic mass is 28.3. The van der Waals surface area contributed by atoms with Gasteiger partial charge >= 0.3 is 0 Å². The zero-order valence-electron chi connectivity index (χ0n) is 13.7. The Hall–Kier alpha value is -0.863. The van der Waals surface area contributed by atoms with Crippen molar-refractivity contribution in [3.63, 3.8) is 0 Å². The number of hydrogen-bond donors (Lipinski definition) is 1. The van der Waals surface area contributed by atoms with Crippen LogP contribution in [0.1, 0.15) is 40.0 Å². The third-order valence-corrected chi connectivity index (χ3v) is 8.12. The summed E-state index contributed by atoms with van der Waals surface area (Å²) in [4.78, 5) is 0. The van der Waals surface area contributed by atoms with Crippen molar-refractivity contribution in [2.24, 2.45) is 5.92 Å². The fourth-order valence-corrected chi connectivity index (χ4v) is 5.35. The molecule has 2 atom stereocenters. The van der Waals surface area contributed by atoms with Gasteiger partial charge in [0, 0.05) is 0 Å². The molecule has 112 valence electrons. The van der Waals surface area contributed by atoms with E-state index < -0.39 is 8.07 Å². The van der Waals surface area contributed by atoms with E-state index in [0.717, 1.165) is 0 Å². The summed E-state index contributed by atoms with van der Waals surface area (Å²) in [6.45, 7) is 11.1. The second-order valence-electron chi connectivity index (χ2n) is 6.39. The van der Waals surface area contributed by atoms with Crippen molar-refractivity contribution in [3.8, 4) is 0 Å². The Balaban J connectivity index is 3.09. The van der Waals surface area contributed by atoms with Gasteiger partial charge in [-0.05, 0) is 19.3 Å². The molecule has 0 amide bonds. The van der Waals surface area contributed by atoms with Crippen LogP contribution in [0.25, 0.3) is 0 Å². The highest BCUT2D eigenvalue weighted by Gasteiger charge is 2.28. The molecule has 0 spiro atoms. The van der Waals surface area contributed by atoms with Gasteiger partial charge < -0.3 is 5.11 Å². The maximum Gasteiger partial charge on any atom is 0.107 e. The predicted octanol–water partition coefficient (Wildman–Crippen LogP) is 4.27. The lowest BCUT2D eigenvalue weighted by Crippen LogP contribution is -2.44. The van der Waals surface area contributed by atoms with E-state index in [1.807, 2.05) is 6.92 Å². The summed E-state index contributed by atoms with van der Waals surface area (Å²) in [5.74, 6) is 0.234. The highest BCUT2D eigenvalue weighted by molar-refractivity contribution is 6.95. The third kappa shape index (κ3) is 4.60. The van der Waals surface area contributed by atoms with Gasteiger partial charge in [-0.25, -0.2) is 0 Å². The molecule has 1 rings (SSSR count). The molecule has 0 aliphatic carbocycles. The molecular weight excluding hydrogens is 260 g/mol. The largest absolute Gasteiger partial charge is 0.393 e. The molecule has 1 aromatic rings. The lowest BCUT2D eigenvalue weighted by Gasteiger charge is -2.28. The van der Waals surface area contributed by atoms with Crippen LogP contribution in [-0.4, -0.2) is 19.3 Å². The molecule has 1 nitrogen and oxygen atoms in total. The van der Waals surface area contributed by atoms with E-state index >= 15 is 0 Å². The standard InChI is InChI=1S/C18H30OSi/c1-6-7-11-18(14-15(2)16(3)19)20(4,5)17-12-9-8-10-13-17/h8-10,12-16,19H,6-7,11H2,1-5H3/b18-14+/t15-,16-/m0/s1. The summed E-state index contributed by atoms with van der Waals surface area (Å²) in [6, 6.07) is 10.9. The van der Waals surface area contributed by atoms with Crippen LogP contribution in [0, 0.1) is 5.92 Å². The number of hydrogen-bond acceptors (Lipinski definition) is 1. The number of aliphatic hydroxyl groups excluding tert-OH is 1. The number of unbranched alkanes of at least 4 members (excludes halogenated alkanes) is 1. The van der Waals surface area contributed by atoms with E-state index in [0.29, 0.717) is 0 Å². The minimum atomic E-state index is -1.60. The lowest BCUT2D eigenvalue weighted by atomic mass is 10.1. The number of aliphatic hydroxyl groups is 1. The van der Waals surface area contributed by atoms with Crippen LogP contribution in [0.4, 0.5) is 0 Å². The van der Waals surface area contributed by atoms with Crippen molar-refractivity contribution in [1.82, 2.24) is 0 Å². The van der Waals surface area contributed by atoms with Crippen molar-refractivity contribution < 1.29 is 5.11 Å². The monoisotopic (exact) mass is 290 g/mol. The third-order valence-electron chi connectivity index (χ3n) is 4.32. The van der Waals surface area contributed by atoms with Gasteiger partial charge in [-0.2, -0.15) is 0 Å². The molecule has 0 saturated heterocycles. The Morgan fingerprint density at radius 3 is 2.30 bits per heavy atom. The molecule has 0 fully saturated rings.